The highest BCUT2D eigenvalue weighted by atomic mass is 16.5. The first-order valence-corrected chi connectivity index (χ1v) is 5.60. The van der Waals surface area contributed by atoms with Gasteiger partial charge in [0.15, 0.2) is 0 Å². The lowest BCUT2D eigenvalue weighted by Crippen LogP contribution is -2.41. The van der Waals surface area contributed by atoms with Crippen LogP contribution in [0.5, 0.6) is 0 Å². The van der Waals surface area contributed by atoms with Gasteiger partial charge in [0.1, 0.15) is 0 Å². The van der Waals surface area contributed by atoms with Crippen molar-refractivity contribution in [2.45, 2.75) is 31.8 Å². The molecule has 1 aliphatic carbocycles. The van der Waals surface area contributed by atoms with Gasteiger partial charge in [0, 0.05) is 26.2 Å². The molecule has 0 N–H and O–H groups in total. The molecule has 0 aromatic carbocycles. The zero-order valence-electron chi connectivity index (χ0n) is 9.00. The van der Waals surface area contributed by atoms with Crippen LogP contribution in [-0.2, 0) is 9.47 Å². The van der Waals surface area contributed by atoms with Crippen molar-refractivity contribution in [2.75, 3.05) is 33.4 Å². The molecule has 3 heteroatoms. The highest BCUT2D eigenvalue weighted by Crippen LogP contribution is 2.30. The van der Waals surface area contributed by atoms with Crippen molar-refractivity contribution in [3.63, 3.8) is 0 Å². The third-order valence-corrected chi connectivity index (χ3v) is 3.25. The minimum Gasteiger partial charge on any atom is -0.381 e. The summed E-state index contributed by atoms with van der Waals surface area (Å²) in [4.78, 5) is 2.49. The molecular formula is C11H20NO2. The van der Waals surface area contributed by atoms with Crippen molar-refractivity contribution in [3.8, 4) is 0 Å². The predicted octanol–water partition coefficient (Wildman–Crippen LogP) is 1.44. The molecule has 0 amide bonds. The van der Waals surface area contributed by atoms with E-state index in [1.54, 1.807) is 6.04 Å². The molecule has 0 aromatic heterocycles. The fraction of sp³-hybridized carbons (Fsp3) is 0.909. The van der Waals surface area contributed by atoms with E-state index < -0.39 is 0 Å². The van der Waals surface area contributed by atoms with Gasteiger partial charge in [-0.2, -0.15) is 0 Å². The summed E-state index contributed by atoms with van der Waals surface area (Å²) in [5, 5.41) is 0. The van der Waals surface area contributed by atoms with Gasteiger partial charge >= 0.3 is 0 Å². The standard InChI is InChI=1S/C11H20NO2/c1-13-11-4-2-3-10(9-11)12-5-7-14-8-6-12/h11H,2-9H2,1H3. The molecular weight excluding hydrogens is 178 g/mol. The van der Waals surface area contributed by atoms with Crippen LogP contribution in [0.3, 0.4) is 0 Å². The van der Waals surface area contributed by atoms with Crippen molar-refractivity contribution in [1.82, 2.24) is 4.90 Å². The first-order valence-electron chi connectivity index (χ1n) is 5.60. The van der Waals surface area contributed by atoms with E-state index in [1.807, 2.05) is 7.11 Å². The molecule has 0 spiro atoms. The fourth-order valence-corrected chi connectivity index (χ4v) is 2.37. The number of hydrogen-bond acceptors (Lipinski definition) is 3. The van der Waals surface area contributed by atoms with Gasteiger partial charge in [0.2, 0.25) is 0 Å². The van der Waals surface area contributed by atoms with Gasteiger partial charge in [-0.1, -0.05) is 0 Å². The van der Waals surface area contributed by atoms with Gasteiger partial charge in [-0.15, -0.1) is 0 Å². The Hall–Kier alpha value is -0.120. The summed E-state index contributed by atoms with van der Waals surface area (Å²) in [6, 6.07) is 1.59. The minimum atomic E-state index is 0.460. The Labute approximate surface area is 86.4 Å². The van der Waals surface area contributed by atoms with Crippen LogP contribution in [0.25, 0.3) is 0 Å². The van der Waals surface area contributed by atoms with Gasteiger partial charge in [-0.3, -0.25) is 4.90 Å². The van der Waals surface area contributed by atoms with Crippen molar-refractivity contribution in [1.29, 1.82) is 0 Å². The summed E-state index contributed by atoms with van der Waals surface area (Å²) in [6.45, 7) is 3.93. The summed E-state index contributed by atoms with van der Waals surface area (Å²) in [6.07, 6.45) is 5.37. The lowest BCUT2D eigenvalue weighted by molar-refractivity contribution is 0.0128. The van der Waals surface area contributed by atoms with Crippen LogP contribution in [0.15, 0.2) is 0 Å². The summed E-state index contributed by atoms with van der Waals surface area (Å²) in [7, 11) is 1.83. The second kappa shape index (κ2) is 5.10. The summed E-state index contributed by atoms with van der Waals surface area (Å²) in [5.41, 5.74) is 0. The molecule has 81 valence electrons. The fourth-order valence-electron chi connectivity index (χ4n) is 2.37. The van der Waals surface area contributed by atoms with Crippen molar-refractivity contribution >= 4 is 0 Å². The Bertz CT molecular complexity index is 169. The molecule has 0 bridgehead atoms. The Morgan fingerprint density at radius 1 is 1.36 bits per heavy atom. The van der Waals surface area contributed by atoms with Crippen molar-refractivity contribution in [3.05, 3.63) is 6.04 Å². The van der Waals surface area contributed by atoms with Gasteiger partial charge in [-0.05, 0) is 25.7 Å². The number of morpholine rings is 1. The average Bonchev–Trinajstić information content (AvgIpc) is 2.30. The van der Waals surface area contributed by atoms with E-state index in [2.05, 4.69) is 4.90 Å². The average molecular weight is 198 g/mol. The molecule has 0 aromatic rings. The van der Waals surface area contributed by atoms with Crippen LogP contribution >= 0.6 is 0 Å². The largest absolute Gasteiger partial charge is 0.381 e. The Kier molecular flexibility index (Phi) is 3.79. The van der Waals surface area contributed by atoms with E-state index in [0.717, 1.165) is 32.7 Å². The van der Waals surface area contributed by atoms with Gasteiger partial charge in [0.25, 0.3) is 0 Å². The molecule has 1 unspecified atom stereocenters. The topological polar surface area (TPSA) is 21.7 Å². The number of rotatable bonds is 2. The SMILES string of the molecule is COC1CCC[C](N2CCOCC2)C1. The number of methoxy groups -OCH3 is 1. The molecule has 2 rings (SSSR count). The number of nitrogens with zero attached hydrogens (tertiary/aromatic N) is 1. The molecule has 14 heavy (non-hydrogen) atoms. The van der Waals surface area contributed by atoms with Crippen LogP contribution in [0.4, 0.5) is 0 Å². The second-order valence-electron chi connectivity index (χ2n) is 4.12. The first-order chi connectivity index (χ1) is 6.90. The van der Waals surface area contributed by atoms with E-state index in [0.29, 0.717) is 6.10 Å². The molecule has 1 saturated heterocycles. The zero-order chi connectivity index (χ0) is 9.80. The van der Waals surface area contributed by atoms with Gasteiger partial charge in [-0.25, -0.2) is 0 Å². The van der Waals surface area contributed by atoms with Crippen molar-refractivity contribution < 1.29 is 9.47 Å². The molecule has 1 saturated carbocycles. The monoisotopic (exact) mass is 198 g/mol. The number of hydrogen-bond donors (Lipinski definition) is 0. The van der Waals surface area contributed by atoms with Gasteiger partial charge < -0.3 is 9.47 Å². The number of ether oxygens (including phenoxy) is 2. The first kappa shape index (κ1) is 10.4. The van der Waals surface area contributed by atoms with E-state index in [9.17, 15) is 0 Å². The maximum atomic E-state index is 5.43. The maximum absolute atomic E-state index is 5.43. The molecule has 1 atom stereocenters. The Morgan fingerprint density at radius 3 is 2.86 bits per heavy atom. The molecule has 1 radical (unpaired) electrons. The minimum absolute atomic E-state index is 0.460. The molecule has 1 heterocycles. The zero-order valence-corrected chi connectivity index (χ0v) is 9.00. The Balaban J connectivity index is 1.83. The molecule has 3 nitrogen and oxygen atoms in total. The predicted molar refractivity (Wildman–Crippen MR) is 54.9 cm³/mol. The quantitative estimate of drug-likeness (QED) is 0.670. The lowest BCUT2D eigenvalue weighted by Gasteiger charge is -2.38. The normalized spacial score (nSPS) is 31.9. The van der Waals surface area contributed by atoms with Gasteiger partial charge in [0.05, 0.1) is 19.3 Å². The van der Waals surface area contributed by atoms with E-state index in [4.69, 9.17) is 9.47 Å². The molecule has 2 fully saturated rings. The van der Waals surface area contributed by atoms with Crippen LogP contribution in [-0.4, -0.2) is 44.4 Å². The van der Waals surface area contributed by atoms with E-state index in [1.165, 1.54) is 19.3 Å². The van der Waals surface area contributed by atoms with Crippen molar-refractivity contribution in [2.24, 2.45) is 0 Å². The summed E-state index contributed by atoms with van der Waals surface area (Å²) in [5.74, 6) is 0. The molecule has 1 aliphatic heterocycles. The van der Waals surface area contributed by atoms with Crippen LogP contribution in [0, 0.1) is 6.04 Å². The highest BCUT2D eigenvalue weighted by Gasteiger charge is 2.28. The summed E-state index contributed by atoms with van der Waals surface area (Å²) >= 11 is 0. The third kappa shape index (κ3) is 2.47. The molecule has 2 aliphatic rings. The lowest BCUT2D eigenvalue weighted by atomic mass is 9.91. The van der Waals surface area contributed by atoms with E-state index in [-0.39, 0.29) is 0 Å². The highest BCUT2D eigenvalue weighted by molar-refractivity contribution is 4.96. The maximum Gasteiger partial charge on any atom is 0.0594 e. The second-order valence-corrected chi connectivity index (χ2v) is 4.12. The Morgan fingerprint density at radius 2 is 2.14 bits per heavy atom. The summed E-state index contributed by atoms with van der Waals surface area (Å²) < 4.78 is 10.8. The van der Waals surface area contributed by atoms with E-state index >= 15 is 0 Å². The van der Waals surface area contributed by atoms with Crippen LogP contribution in [0.2, 0.25) is 0 Å². The van der Waals surface area contributed by atoms with Crippen LogP contribution < -0.4 is 0 Å². The third-order valence-electron chi connectivity index (χ3n) is 3.25. The van der Waals surface area contributed by atoms with Crippen LogP contribution in [0.1, 0.15) is 25.7 Å². The smallest absolute Gasteiger partial charge is 0.0594 e.